The lowest BCUT2D eigenvalue weighted by Crippen LogP contribution is -2.27. The number of amides is 2. The van der Waals surface area contributed by atoms with E-state index in [4.69, 9.17) is 4.74 Å². The van der Waals surface area contributed by atoms with Crippen molar-refractivity contribution in [2.75, 3.05) is 17.2 Å². The highest BCUT2D eigenvalue weighted by Gasteiger charge is 2.21. The molecule has 3 aromatic rings. The first-order chi connectivity index (χ1) is 15.6. The van der Waals surface area contributed by atoms with Crippen LogP contribution in [0.25, 0.3) is 5.69 Å². The molecule has 0 radical (unpaired) electrons. The van der Waals surface area contributed by atoms with Crippen LogP contribution in [0.3, 0.4) is 0 Å². The van der Waals surface area contributed by atoms with Gasteiger partial charge >= 0.3 is 5.97 Å². The normalized spacial score (nSPS) is 11.1. The first-order valence-electron chi connectivity index (χ1n) is 10.6. The van der Waals surface area contributed by atoms with Crippen LogP contribution in [0.1, 0.15) is 54.1 Å². The Hall–Kier alpha value is -3.94. The van der Waals surface area contributed by atoms with E-state index in [1.165, 1.54) is 6.20 Å². The molecule has 3 rings (SSSR count). The number of hydrogen-bond donors (Lipinski definition) is 2. The molecule has 0 aliphatic rings. The molecule has 2 N–H and O–H groups in total. The van der Waals surface area contributed by atoms with Gasteiger partial charge in [-0.15, -0.1) is 0 Å². The predicted molar refractivity (Wildman–Crippen MR) is 127 cm³/mol. The monoisotopic (exact) mass is 448 g/mol. The number of carbonyl (C=O) groups excluding carboxylic acids is 3. The minimum absolute atomic E-state index is 0.110. The van der Waals surface area contributed by atoms with Gasteiger partial charge in [0.1, 0.15) is 5.56 Å². The average molecular weight is 449 g/mol. The Morgan fingerprint density at radius 3 is 2.24 bits per heavy atom. The molecule has 2 aromatic carbocycles. The molecule has 0 aliphatic carbocycles. The lowest BCUT2D eigenvalue weighted by atomic mass is 9.95. The SMILES string of the molecule is CCOC(=O)c1cnn(-c2ccc(C(=O)Nc3cccc(NC(=O)C(C)(C)C)c3)cc2)c1C. The molecule has 0 aliphatic heterocycles. The van der Waals surface area contributed by atoms with E-state index < -0.39 is 11.4 Å². The van der Waals surface area contributed by atoms with Crippen molar-refractivity contribution in [2.45, 2.75) is 34.6 Å². The largest absolute Gasteiger partial charge is 0.462 e. The van der Waals surface area contributed by atoms with Crippen LogP contribution in [0.4, 0.5) is 11.4 Å². The Morgan fingerprint density at radius 1 is 1.00 bits per heavy atom. The molecule has 0 atom stereocenters. The summed E-state index contributed by atoms with van der Waals surface area (Å²) in [6.07, 6.45) is 1.47. The zero-order valence-electron chi connectivity index (χ0n) is 19.4. The second kappa shape index (κ2) is 9.68. The van der Waals surface area contributed by atoms with Crippen molar-refractivity contribution >= 4 is 29.2 Å². The average Bonchev–Trinajstić information content (AvgIpc) is 3.15. The van der Waals surface area contributed by atoms with Gasteiger partial charge in [-0.1, -0.05) is 26.8 Å². The van der Waals surface area contributed by atoms with Crippen LogP contribution in [-0.4, -0.2) is 34.2 Å². The maximum absolute atomic E-state index is 12.7. The van der Waals surface area contributed by atoms with Gasteiger partial charge in [0.2, 0.25) is 5.91 Å². The third kappa shape index (κ3) is 5.65. The van der Waals surface area contributed by atoms with Crippen LogP contribution in [0.5, 0.6) is 0 Å². The van der Waals surface area contributed by atoms with Crippen LogP contribution in [0, 0.1) is 12.3 Å². The number of nitrogens with zero attached hydrogens (tertiary/aromatic N) is 2. The number of ether oxygens (including phenoxy) is 1. The summed E-state index contributed by atoms with van der Waals surface area (Å²) in [7, 11) is 0. The molecular formula is C25H28N4O4. The van der Waals surface area contributed by atoms with Crippen LogP contribution in [-0.2, 0) is 9.53 Å². The van der Waals surface area contributed by atoms with Crippen LogP contribution in [0.15, 0.2) is 54.7 Å². The fourth-order valence-electron chi connectivity index (χ4n) is 3.03. The molecule has 0 spiro atoms. The molecule has 0 saturated carbocycles. The summed E-state index contributed by atoms with van der Waals surface area (Å²) in [6, 6.07) is 13.9. The van der Waals surface area contributed by atoms with Gasteiger partial charge < -0.3 is 15.4 Å². The Morgan fingerprint density at radius 2 is 1.64 bits per heavy atom. The van der Waals surface area contributed by atoms with Crippen molar-refractivity contribution in [1.82, 2.24) is 9.78 Å². The second-order valence-corrected chi connectivity index (χ2v) is 8.56. The molecule has 0 unspecified atom stereocenters. The zero-order chi connectivity index (χ0) is 24.2. The van der Waals surface area contributed by atoms with E-state index in [0.29, 0.717) is 40.5 Å². The molecule has 0 bridgehead atoms. The molecule has 0 fully saturated rings. The number of anilines is 2. The highest BCUT2D eigenvalue weighted by Crippen LogP contribution is 2.21. The third-order valence-electron chi connectivity index (χ3n) is 4.94. The Balaban J connectivity index is 1.71. The summed E-state index contributed by atoms with van der Waals surface area (Å²) in [5, 5.41) is 9.95. The van der Waals surface area contributed by atoms with Crippen LogP contribution >= 0.6 is 0 Å². The van der Waals surface area contributed by atoms with Crippen molar-refractivity contribution < 1.29 is 19.1 Å². The van der Waals surface area contributed by atoms with Crippen molar-refractivity contribution in [3.8, 4) is 5.69 Å². The molecule has 1 heterocycles. The van der Waals surface area contributed by atoms with Gasteiger partial charge in [-0.2, -0.15) is 5.10 Å². The number of nitrogens with one attached hydrogen (secondary N) is 2. The number of esters is 1. The van der Waals surface area contributed by atoms with E-state index in [-0.39, 0.29) is 11.8 Å². The standard InChI is InChI=1S/C25H28N4O4/c1-6-33-23(31)21-15-26-29(16(21)2)20-12-10-17(11-13-20)22(30)27-18-8-7-9-19(14-18)28-24(32)25(3,4)5/h7-15H,6H2,1-5H3,(H,27,30)(H,28,32). The minimum atomic E-state index is -0.523. The number of rotatable bonds is 6. The highest BCUT2D eigenvalue weighted by atomic mass is 16.5. The summed E-state index contributed by atoms with van der Waals surface area (Å²) in [5.74, 6) is -0.815. The molecule has 0 saturated heterocycles. The third-order valence-corrected chi connectivity index (χ3v) is 4.94. The minimum Gasteiger partial charge on any atom is -0.462 e. The lowest BCUT2D eigenvalue weighted by molar-refractivity contribution is -0.123. The molecule has 33 heavy (non-hydrogen) atoms. The number of aromatic nitrogens is 2. The van der Waals surface area contributed by atoms with E-state index in [1.54, 1.807) is 67.1 Å². The van der Waals surface area contributed by atoms with Crippen LogP contribution < -0.4 is 10.6 Å². The summed E-state index contributed by atoms with van der Waals surface area (Å²) < 4.78 is 6.66. The smallest absolute Gasteiger partial charge is 0.341 e. The molecule has 172 valence electrons. The number of benzene rings is 2. The summed E-state index contributed by atoms with van der Waals surface area (Å²) in [5.41, 5.74) is 2.87. The van der Waals surface area contributed by atoms with Gasteiger partial charge in [0, 0.05) is 22.4 Å². The first-order valence-corrected chi connectivity index (χ1v) is 10.6. The van der Waals surface area contributed by atoms with Crippen molar-refractivity contribution in [1.29, 1.82) is 0 Å². The molecule has 8 nitrogen and oxygen atoms in total. The Kier molecular flexibility index (Phi) is 6.96. The van der Waals surface area contributed by atoms with Crippen molar-refractivity contribution in [3.63, 3.8) is 0 Å². The van der Waals surface area contributed by atoms with Gasteiger partial charge in [0.05, 0.1) is 24.2 Å². The van der Waals surface area contributed by atoms with Crippen LogP contribution in [0.2, 0.25) is 0 Å². The van der Waals surface area contributed by atoms with Gasteiger partial charge in [-0.05, 0) is 56.3 Å². The van der Waals surface area contributed by atoms with Gasteiger partial charge in [-0.25, -0.2) is 9.48 Å². The molecule has 2 amide bonds. The number of carbonyl (C=O) groups is 3. The fourth-order valence-corrected chi connectivity index (χ4v) is 3.03. The zero-order valence-corrected chi connectivity index (χ0v) is 19.4. The Labute approximate surface area is 193 Å². The van der Waals surface area contributed by atoms with E-state index in [2.05, 4.69) is 15.7 Å². The van der Waals surface area contributed by atoms with E-state index in [1.807, 2.05) is 20.8 Å². The van der Waals surface area contributed by atoms with Crippen molar-refractivity contribution in [3.05, 3.63) is 71.5 Å². The van der Waals surface area contributed by atoms with E-state index in [9.17, 15) is 14.4 Å². The van der Waals surface area contributed by atoms with Gasteiger partial charge in [0.25, 0.3) is 5.91 Å². The van der Waals surface area contributed by atoms with Gasteiger partial charge in [-0.3, -0.25) is 9.59 Å². The second-order valence-electron chi connectivity index (χ2n) is 8.56. The van der Waals surface area contributed by atoms with E-state index >= 15 is 0 Å². The van der Waals surface area contributed by atoms with Gasteiger partial charge in [0.15, 0.2) is 0 Å². The van der Waals surface area contributed by atoms with E-state index in [0.717, 1.165) is 0 Å². The first kappa shape index (κ1) is 23.7. The predicted octanol–water partition coefficient (Wildman–Crippen LogP) is 4.59. The molecule has 8 heteroatoms. The summed E-state index contributed by atoms with van der Waals surface area (Å²) in [4.78, 5) is 36.9. The molecular weight excluding hydrogens is 420 g/mol. The topological polar surface area (TPSA) is 102 Å². The summed E-state index contributed by atoms with van der Waals surface area (Å²) >= 11 is 0. The quantitative estimate of drug-likeness (QED) is 0.537. The highest BCUT2D eigenvalue weighted by molar-refractivity contribution is 6.05. The fraction of sp³-hybridized carbons (Fsp3) is 0.280. The number of hydrogen-bond acceptors (Lipinski definition) is 5. The van der Waals surface area contributed by atoms with Crippen molar-refractivity contribution in [2.24, 2.45) is 5.41 Å². The maximum atomic E-state index is 12.7. The lowest BCUT2D eigenvalue weighted by Gasteiger charge is -2.18. The molecule has 1 aromatic heterocycles. The Bertz CT molecular complexity index is 1170. The summed E-state index contributed by atoms with van der Waals surface area (Å²) in [6.45, 7) is 9.32. The maximum Gasteiger partial charge on any atom is 0.341 e.